The van der Waals surface area contributed by atoms with E-state index in [9.17, 15) is 10.2 Å². The zero-order valence-corrected chi connectivity index (χ0v) is 21.3. The van der Waals surface area contributed by atoms with Gasteiger partial charge in [0.25, 0.3) is 0 Å². The third-order valence-corrected chi connectivity index (χ3v) is 11.8. The molecule has 0 amide bonds. The molecule has 0 aromatic carbocycles. The van der Waals surface area contributed by atoms with Crippen LogP contribution in [-0.2, 0) is 10.3 Å². The molecule has 34 heavy (non-hydrogen) atoms. The Hall–Kier alpha value is -0.880. The summed E-state index contributed by atoms with van der Waals surface area (Å²) in [6.07, 6.45) is 13.1. The first kappa shape index (κ1) is 23.5. The first-order valence-electron chi connectivity index (χ1n) is 14.1. The molecule has 5 nitrogen and oxygen atoms in total. The lowest BCUT2D eigenvalue weighted by atomic mass is 9.43. The molecule has 8 atom stereocenters. The maximum atomic E-state index is 12.7. The lowest BCUT2D eigenvalue weighted by Crippen LogP contribution is -2.65. The van der Waals surface area contributed by atoms with Crippen molar-refractivity contribution in [3.63, 3.8) is 0 Å². The van der Waals surface area contributed by atoms with Gasteiger partial charge in [0, 0.05) is 12.0 Å². The molecule has 5 heteroatoms. The van der Waals surface area contributed by atoms with E-state index in [1.807, 2.05) is 6.07 Å². The van der Waals surface area contributed by atoms with Crippen molar-refractivity contribution in [1.82, 2.24) is 4.90 Å². The van der Waals surface area contributed by atoms with Gasteiger partial charge in [-0.05, 0) is 119 Å². The Morgan fingerprint density at radius 2 is 1.85 bits per heavy atom. The van der Waals surface area contributed by atoms with E-state index >= 15 is 0 Å². The quantitative estimate of drug-likeness (QED) is 0.625. The molecule has 1 saturated heterocycles. The highest BCUT2D eigenvalue weighted by Gasteiger charge is 2.73. The summed E-state index contributed by atoms with van der Waals surface area (Å²) in [6, 6.07) is 4.06. The van der Waals surface area contributed by atoms with Crippen LogP contribution in [0.5, 0.6) is 0 Å². The summed E-state index contributed by atoms with van der Waals surface area (Å²) < 4.78 is 13.0. The van der Waals surface area contributed by atoms with Crippen LogP contribution < -0.4 is 0 Å². The number of aliphatic hydroxyl groups excluding tert-OH is 1. The van der Waals surface area contributed by atoms with Gasteiger partial charge < -0.3 is 24.3 Å². The van der Waals surface area contributed by atoms with Gasteiger partial charge >= 0.3 is 0 Å². The molecule has 5 aliphatic rings. The maximum Gasteiger partial charge on any atom is 0.136 e. The minimum atomic E-state index is -0.736. The van der Waals surface area contributed by atoms with Crippen LogP contribution in [0.4, 0.5) is 0 Å². The molecule has 5 fully saturated rings. The fraction of sp³-hybridized carbons (Fsp3) is 0.862. The highest BCUT2D eigenvalue weighted by molar-refractivity contribution is 5.28. The predicted molar refractivity (Wildman–Crippen MR) is 131 cm³/mol. The number of hydrogen-bond donors (Lipinski definition) is 2. The zero-order valence-electron chi connectivity index (χ0n) is 21.3. The molecular weight excluding hydrogens is 426 g/mol. The molecule has 1 aromatic heterocycles. The van der Waals surface area contributed by atoms with E-state index in [-0.39, 0.29) is 16.9 Å². The van der Waals surface area contributed by atoms with E-state index in [0.29, 0.717) is 24.4 Å². The zero-order chi connectivity index (χ0) is 23.6. The van der Waals surface area contributed by atoms with Gasteiger partial charge in [0.1, 0.15) is 11.4 Å². The second-order valence-corrected chi connectivity index (χ2v) is 12.9. The van der Waals surface area contributed by atoms with Crippen LogP contribution in [0.3, 0.4) is 0 Å². The van der Waals surface area contributed by atoms with Gasteiger partial charge in [-0.15, -0.1) is 0 Å². The molecule has 190 valence electrons. The van der Waals surface area contributed by atoms with Gasteiger partial charge in [-0.1, -0.05) is 13.8 Å². The highest BCUT2D eigenvalue weighted by Crippen LogP contribution is 2.72. The van der Waals surface area contributed by atoms with Gasteiger partial charge in [-0.3, -0.25) is 0 Å². The maximum absolute atomic E-state index is 12.7. The minimum absolute atomic E-state index is 0.131. The van der Waals surface area contributed by atoms with Gasteiger partial charge in [-0.25, -0.2) is 0 Å². The van der Waals surface area contributed by atoms with Crippen molar-refractivity contribution < 1.29 is 19.4 Å². The predicted octanol–water partition coefficient (Wildman–Crippen LogP) is 5.11. The van der Waals surface area contributed by atoms with Crippen LogP contribution in [0.1, 0.15) is 90.2 Å². The van der Waals surface area contributed by atoms with Gasteiger partial charge in [0.2, 0.25) is 0 Å². The fourth-order valence-corrected chi connectivity index (χ4v) is 9.76. The van der Waals surface area contributed by atoms with Crippen LogP contribution in [0.15, 0.2) is 22.8 Å². The Kier molecular flexibility index (Phi) is 5.76. The Labute approximate surface area is 205 Å². The Bertz CT molecular complexity index is 867. The normalized spacial score (nSPS) is 48.9. The molecule has 0 spiro atoms. The molecule has 2 heterocycles. The number of ether oxygens (including phenoxy) is 1. The monoisotopic (exact) mass is 471 g/mol. The smallest absolute Gasteiger partial charge is 0.136 e. The summed E-state index contributed by atoms with van der Waals surface area (Å²) in [5, 5.41) is 23.0. The molecule has 0 bridgehead atoms. The first-order chi connectivity index (χ1) is 16.3. The molecule has 4 saturated carbocycles. The third kappa shape index (κ3) is 3.19. The molecule has 4 aliphatic carbocycles. The Morgan fingerprint density at radius 1 is 1.03 bits per heavy atom. The van der Waals surface area contributed by atoms with Crippen LogP contribution in [0, 0.1) is 28.6 Å². The first-order valence-corrected chi connectivity index (χ1v) is 14.1. The number of likely N-dealkylation sites (tertiary alicyclic amines) is 1. The molecule has 1 aromatic rings. The summed E-state index contributed by atoms with van der Waals surface area (Å²) in [5.41, 5.74) is -1.41. The molecule has 6 rings (SSSR count). The lowest BCUT2D eigenvalue weighted by molar-refractivity contribution is -0.252. The van der Waals surface area contributed by atoms with E-state index in [1.54, 1.807) is 6.26 Å². The van der Waals surface area contributed by atoms with Gasteiger partial charge in [0.15, 0.2) is 0 Å². The molecule has 0 unspecified atom stereocenters. The van der Waals surface area contributed by atoms with Crippen molar-refractivity contribution in [3.8, 4) is 0 Å². The summed E-state index contributed by atoms with van der Waals surface area (Å²) in [5.74, 6) is 2.35. The largest absolute Gasteiger partial charge is 0.466 e. The number of furan rings is 1. The average Bonchev–Trinajstić information content (AvgIpc) is 3.57. The van der Waals surface area contributed by atoms with Gasteiger partial charge in [-0.2, -0.15) is 0 Å². The molecular formula is C29H45NO4. The number of fused-ring (bicyclic) bond motifs is 5. The molecule has 1 aliphatic heterocycles. The van der Waals surface area contributed by atoms with Crippen molar-refractivity contribution in [1.29, 1.82) is 0 Å². The number of hydrogen-bond acceptors (Lipinski definition) is 5. The summed E-state index contributed by atoms with van der Waals surface area (Å²) >= 11 is 0. The van der Waals surface area contributed by atoms with Crippen molar-refractivity contribution in [2.24, 2.45) is 28.6 Å². The SMILES string of the molecule is C[C@]12CC[C@H](O)C[C@H]1CC[C@@H]1[C@@H]2CC[C@]2(C)[C@@](OCCN3CCCC3)(c3ccco3)CC[C@]12O. The fourth-order valence-electron chi connectivity index (χ4n) is 9.76. The number of nitrogens with zero attached hydrogens (tertiary/aromatic N) is 1. The second kappa shape index (κ2) is 8.33. The van der Waals surface area contributed by atoms with Crippen LogP contribution in [-0.4, -0.2) is 53.1 Å². The van der Waals surface area contributed by atoms with Crippen LogP contribution in [0.25, 0.3) is 0 Å². The number of aliphatic hydroxyl groups is 2. The van der Waals surface area contributed by atoms with Crippen molar-refractivity contribution in [2.45, 2.75) is 102 Å². The minimum Gasteiger partial charge on any atom is -0.466 e. The Morgan fingerprint density at radius 3 is 2.62 bits per heavy atom. The molecule has 2 N–H and O–H groups in total. The lowest BCUT2D eigenvalue weighted by Gasteiger charge is -2.64. The van der Waals surface area contributed by atoms with E-state index in [2.05, 4.69) is 24.8 Å². The summed E-state index contributed by atoms with van der Waals surface area (Å²) in [6.45, 7) is 8.80. The second-order valence-electron chi connectivity index (χ2n) is 12.9. The standard InChI is InChI=1S/C29H45NO4/c1-26-11-9-22(31)20-21(26)7-8-24-23(26)10-12-27(2)28(24,32)13-14-29(27,25-6-5-18-33-25)34-19-17-30-15-3-4-16-30/h5-6,18,21-24,31-32H,3-4,7-17,19-20H2,1-2H3/t21-,22+,23+,24-,26+,27+,28+,29+/m1/s1. The highest BCUT2D eigenvalue weighted by atomic mass is 16.5. The van der Waals surface area contributed by atoms with E-state index in [4.69, 9.17) is 9.15 Å². The van der Waals surface area contributed by atoms with E-state index in [0.717, 1.165) is 70.1 Å². The Balaban J connectivity index is 1.31. The van der Waals surface area contributed by atoms with E-state index in [1.165, 1.54) is 25.9 Å². The van der Waals surface area contributed by atoms with Crippen LogP contribution >= 0.6 is 0 Å². The van der Waals surface area contributed by atoms with Crippen molar-refractivity contribution >= 4 is 0 Å². The van der Waals surface area contributed by atoms with Crippen LogP contribution in [0.2, 0.25) is 0 Å². The van der Waals surface area contributed by atoms with E-state index < -0.39 is 11.2 Å². The average molecular weight is 472 g/mol. The summed E-state index contributed by atoms with van der Waals surface area (Å²) in [7, 11) is 0. The van der Waals surface area contributed by atoms with Gasteiger partial charge in [0.05, 0.1) is 24.6 Å². The topological polar surface area (TPSA) is 66.1 Å². The summed E-state index contributed by atoms with van der Waals surface area (Å²) in [4.78, 5) is 2.51. The molecule has 0 radical (unpaired) electrons. The third-order valence-electron chi connectivity index (χ3n) is 11.8. The van der Waals surface area contributed by atoms with Crippen molar-refractivity contribution in [3.05, 3.63) is 24.2 Å². The van der Waals surface area contributed by atoms with Crippen molar-refractivity contribution in [2.75, 3.05) is 26.2 Å². The number of rotatable bonds is 5.